The van der Waals surface area contributed by atoms with Gasteiger partial charge in [0.2, 0.25) is 6.10 Å². The van der Waals surface area contributed by atoms with Gasteiger partial charge in [0.25, 0.3) is 5.91 Å². The van der Waals surface area contributed by atoms with Crippen LogP contribution in [0.5, 0.6) is 5.75 Å². The number of aromatic nitrogens is 2. The summed E-state index contributed by atoms with van der Waals surface area (Å²) in [5, 5.41) is 16.0. The van der Waals surface area contributed by atoms with Crippen molar-refractivity contribution in [3.8, 4) is 5.75 Å². The number of carboxylic acids is 1. The Morgan fingerprint density at radius 2 is 1.92 bits per heavy atom. The van der Waals surface area contributed by atoms with Gasteiger partial charge in [0.15, 0.2) is 0 Å². The Labute approximate surface area is 150 Å². The Morgan fingerprint density at radius 1 is 1.31 bits per heavy atom. The van der Waals surface area contributed by atoms with E-state index in [2.05, 4.69) is 10.4 Å². The number of amides is 1. The van der Waals surface area contributed by atoms with Crippen LogP contribution >= 0.6 is 0 Å². The number of carbonyl (C=O) groups excluding carboxylic acids is 1. The first kappa shape index (κ1) is 19.4. The summed E-state index contributed by atoms with van der Waals surface area (Å²) in [6, 6.07) is 4.98. The standard InChI is InChI=1S/C18H22FN3O4/c1-11-14(9-21-22(11)18(2,3)4)16(23)20-10-15(17(24)25)26-13-7-5-12(19)6-8-13/h5-9,15H,10H2,1-4H3,(H,20,23)(H,24,25). The van der Waals surface area contributed by atoms with Crippen LogP contribution < -0.4 is 10.1 Å². The van der Waals surface area contributed by atoms with Crippen molar-refractivity contribution in [3.63, 3.8) is 0 Å². The number of nitrogens with zero attached hydrogens (tertiary/aromatic N) is 2. The van der Waals surface area contributed by atoms with Crippen LogP contribution in [0.25, 0.3) is 0 Å². The quantitative estimate of drug-likeness (QED) is 0.822. The average Bonchev–Trinajstić information content (AvgIpc) is 2.94. The van der Waals surface area contributed by atoms with E-state index in [0.717, 1.165) is 12.1 Å². The van der Waals surface area contributed by atoms with Gasteiger partial charge in [-0.25, -0.2) is 9.18 Å². The second kappa shape index (κ2) is 7.55. The van der Waals surface area contributed by atoms with Crippen molar-refractivity contribution in [2.45, 2.75) is 39.3 Å². The van der Waals surface area contributed by atoms with Gasteiger partial charge in [-0.3, -0.25) is 9.48 Å². The van der Waals surface area contributed by atoms with E-state index in [1.807, 2.05) is 20.8 Å². The molecule has 2 aromatic rings. The summed E-state index contributed by atoms with van der Waals surface area (Å²) in [5.41, 5.74) is 0.768. The van der Waals surface area contributed by atoms with Crippen molar-refractivity contribution in [2.75, 3.05) is 6.54 Å². The minimum absolute atomic E-state index is 0.199. The second-order valence-corrected chi connectivity index (χ2v) is 6.83. The minimum Gasteiger partial charge on any atom is -0.478 e. The monoisotopic (exact) mass is 363 g/mol. The lowest BCUT2D eigenvalue weighted by Crippen LogP contribution is -2.40. The fraction of sp³-hybridized carbons (Fsp3) is 0.389. The molecule has 1 heterocycles. The van der Waals surface area contributed by atoms with Gasteiger partial charge in [0, 0.05) is 5.69 Å². The fourth-order valence-corrected chi connectivity index (χ4v) is 2.45. The lowest BCUT2D eigenvalue weighted by atomic mass is 10.1. The largest absolute Gasteiger partial charge is 0.478 e. The summed E-state index contributed by atoms with van der Waals surface area (Å²) in [7, 11) is 0. The van der Waals surface area contributed by atoms with Gasteiger partial charge in [-0.15, -0.1) is 0 Å². The van der Waals surface area contributed by atoms with Gasteiger partial charge >= 0.3 is 5.97 Å². The maximum absolute atomic E-state index is 12.9. The summed E-state index contributed by atoms with van der Waals surface area (Å²) in [6.07, 6.45) is 0.148. The molecule has 1 aromatic carbocycles. The van der Waals surface area contributed by atoms with Crippen LogP contribution in [0.2, 0.25) is 0 Å². The lowest BCUT2D eigenvalue weighted by Gasteiger charge is -2.21. The van der Waals surface area contributed by atoms with Gasteiger partial charge in [-0.05, 0) is 52.0 Å². The molecule has 0 fully saturated rings. The molecule has 2 N–H and O–H groups in total. The third-order valence-corrected chi connectivity index (χ3v) is 3.71. The molecule has 0 radical (unpaired) electrons. The first-order valence-electron chi connectivity index (χ1n) is 8.08. The first-order valence-corrected chi connectivity index (χ1v) is 8.08. The Hall–Kier alpha value is -2.90. The van der Waals surface area contributed by atoms with Crippen LogP contribution in [0.3, 0.4) is 0 Å². The van der Waals surface area contributed by atoms with Gasteiger partial charge in [0.1, 0.15) is 11.6 Å². The topological polar surface area (TPSA) is 93.4 Å². The van der Waals surface area contributed by atoms with E-state index in [0.29, 0.717) is 11.3 Å². The van der Waals surface area contributed by atoms with Gasteiger partial charge < -0.3 is 15.2 Å². The minimum atomic E-state index is -1.30. The van der Waals surface area contributed by atoms with Crippen molar-refractivity contribution in [1.82, 2.24) is 15.1 Å². The van der Waals surface area contributed by atoms with Crippen LogP contribution in [-0.4, -0.2) is 39.4 Å². The third kappa shape index (κ3) is 4.59. The van der Waals surface area contributed by atoms with Crippen LogP contribution in [0.1, 0.15) is 36.8 Å². The predicted molar refractivity (Wildman–Crippen MR) is 92.7 cm³/mol. The van der Waals surface area contributed by atoms with E-state index in [1.165, 1.54) is 18.3 Å². The number of ether oxygens (including phenoxy) is 1. The molecule has 0 saturated heterocycles. The summed E-state index contributed by atoms with van der Waals surface area (Å²) in [4.78, 5) is 23.7. The van der Waals surface area contributed by atoms with Crippen LogP contribution in [0.4, 0.5) is 4.39 Å². The molecular weight excluding hydrogens is 341 g/mol. The fourth-order valence-electron chi connectivity index (χ4n) is 2.45. The molecule has 8 heteroatoms. The van der Waals surface area contributed by atoms with Gasteiger partial charge in [0.05, 0.1) is 23.8 Å². The number of hydrogen-bond donors (Lipinski definition) is 2. The van der Waals surface area contributed by atoms with Crippen molar-refractivity contribution < 1.29 is 23.8 Å². The molecule has 140 valence electrons. The van der Waals surface area contributed by atoms with Crippen molar-refractivity contribution in [3.05, 3.63) is 47.5 Å². The Morgan fingerprint density at radius 3 is 2.42 bits per heavy atom. The highest BCUT2D eigenvalue weighted by atomic mass is 19.1. The molecule has 0 aliphatic carbocycles. The molecule has 0 aliphatic rings. The summed E-state index contributed by atoms with van der Waals surface area (Å²) < 4.78 is 19.9. The molecule has 0 aliphatic heterocycles. The van der Waals surface area contributed by atoms with Crippen LogP contribution in [0, 0.1) is 12.7 Å². The smallest absolute Gasteiger partial charge is 0.346 e. The molecule has 26 heavy (non-hydrogen) atoms. The third-order valence-electron chi connectivity index (χ3n) is 3.71. The number of carboxylic acid groups (broad SMARTS) is 1. The highest BCUT2D eigenvalue weighted by Gasteiger charge is 2.24. The number of rotatable bonds is 6. The zero-order valence-corrected chi connectivity index (χ0v) is 15.1. The molecule has 2 rings (SSSR count). The van der Waals surface area contributed by atoms with Crippen molar-refractivity contribution in [2.24, 2.45) is 0 Å². The number of benzene rings is 1. The number of aliphatic carboxylic acids is 1. The number of carbonyl (C=O) groups is 2. The van der Waals surface area contributed by atoms with E-state index in [1.54, 1.807) is 11.6 Å². The molecule has 0 spiro atoms. The average molecular weight is 363 g/mol. The highest BCUT2D eigenvalue weighted by molar-refractivity contribution is 5.95. The summed E-state index contributed by atoms with van der Waals surface area (Å²) in [6.45, 7) is 7.42. The molecule has 1 amide bonds. The van der Waals surface area contributed by atoms with Crippen LogP contribution in [-0.2, 0) is 10.3 Å². The Bertz CT molecular complexity index is 794. The number of hydrogen-bond acceptors (Lipinski definition) is 4. The van der Waals surface area contributed by atoms with Crippen molar-refractivity contribution >= 4 is 11.9 Å². The summed E-state index contributed by atoms with van der Waals surface area (Å²) >= 11 is 0. The molecule has 0 saturated carbocycles. The molecular formula is C18H22FN3O4. The van der Waals surface area contributed by atoms with E-state index >= 15 is 0 Å². The van der Waals surface area contributed by atoms with E-state index < -0.39 is 23.8 Å². The molecule has 7 nitrogen and oxygen atoms in total. The SMILES string of the molecule is Cc1c(C(=O)NCC(Oc2ccc(F)cc2)C(=O)O)cnn1C(C)(C)C. The zero-order valence-electron chi connectivity index (χ0n) is 15.1. The number of halogens is 1. The lowest BCUT2D eigenvalue weighted by molar-refractivity contribution is -0.144. The normalized spacial score (nSPS) is 12.5. The molecule has 0 bridgehead atoms. The van der Waals surface area contributed by atoms with E-state index in [9.17, 15) is 19.1 Å². The van der Waals surface area contributed by atoms with Gasteiger partial charge in [-0.1, -0.05) is 0 Å². The van der Waals surface area contributed by atoms with Gasteiger partial charge in [-0.2, -0.15) is 5.10 Å². The molecule has 1 unspecified atom stereocenters. The maximum atomic E-state index is 12.9. The highest BCUT2D eigenvalue weighted by Crippen LogP contribution is 2.18. The zero-order chi connectivity index (χ0) is 19.5. The van der Waals surface area contributed by atoms with Crippen LogP contribution in [0.15, 0.2) is 30.5 Å². The molecule has 1 aromatic heterocycles. The Kier molecular flexibility index (Phi) is 5.64. The summed E-state index contributed by atoms with van der Waals surface area (Å²) in [5.74, 6) is -1.93. The molecule has 1 atom stereocenters. The maximum Gasteiger partial charge on any atom is 0.346 e. The second-order valence-electron chi connectivity index (χ2n) is 6.83. The Balaban J connectivity index is 2.05. The van der Waals surface area contributed by atoms with E-state index in [4.69, 9.17) is 4.74 Å². The predicted octanol–water partition coefficient (Wildman–Crippen LogP) is 2.35. The first-order chi connectivity index (χ1) is 12.1. The number of nitrogens with one attached hydrogen (secondary N) is 1. The van der Waals surface area contributed by atoms with Crippen molar-refractivity contribution in [1.29, 1.82) is 0 Å². The van der Waals surface area contributed by atoms with E-state index in [-0.39, 0.29) is 17.8 Å².